The second kappa shape index (κ2) is 10.4. The molecule has 4 rings (SSSR count). The highest BCUT2D eigenvalue weighted by atomic mass is 32.2. The number of hydrogen-bond acceptors (Lipinski definition) is 7. The van der Waals surface area contributed by atoms with Gasteiger partial charge in [0.2, 0.25) is 5.88 Å². The van der Waals surface area contributed by atoms with Crippen molar-refractivity contribution in [2.75, 3.05) is 26.0 Å². The van der Waals surface area contributed by atoms with Crippen LogP contribution in [0.3, 0.4) is 0 Å². The maximum Gasteiger partial charge on any atom is 0.490 e. The van der Waals surface area contributed by atoms with Gasteiger partial charge >= 0.3 is 12.1 Å². The van der Waals surface area contributed by atoms with Crippen LogP contribution in [0.5, 0.6) is 5.88 Å². The number of rotatable bonds is 5. The predicted molar refractivity (Wildman–Crippen MR) is 113 cm³/mol. The molecule has 1 spiro atoms. The van der Waals surface area contributed by atoms with Gasteiger partial charge in [0, 0.05) is 31.2 Å². The minimum Gasteiger partial charge on any atom is -0.480 e. The van der Waals surface area contributed by atoms with Gasteiger partial charge in [-0.05, 0) is 30.7 Å². The maximum absolute atomic E-state index is 12.7. The number of thioether (sulfide) groups is 1. The van der Waals surface area contributed by atoms with Crippen LogP contribution in [0.4, 0.5) is 13.2 Å². The number of hydrogen-bond donors (Lipinski definition) is 1. The number of pyridine rings is 2. The molecule has 0 bridgehead atoms. The fourth-order valence-corrected chi connectivity index (χ4v) is 5.05. The van der Waals surface area contributed by atoms with Crippen molar-refractivity contribution in [1.82, 2.24) is 14.9 Å². The third kappa shape index (κ3) is 6.35. The van der Waals surface area contributed by atoms with E-state index in [1.54, 1.807) is 24.5 Å². The van der Waals surface area contributed by atoms with E-state index in [4.69, 9.17) is 19.4 Å². The van der Waals surface area contributed by atoms with Crippen LogP contribution in [-0.2, 0) is 16.1 Å². The molecule has 1 N–H and O–H groups in total. The van der Waals surface area contributed by atoms with E-state index in [1.165, 1.54) is 7.11 Å². The van der Waals surface area contributed by atoms with Gasteiger partial charge in [0.05, 0.1) is 30.3 Å². The van der Waals surface area contributed by atoms with Gasteiger partial charge in [0.1, 0.15) is 5.56 Å². The van der Waals surface area contributed by atoms with Crippen LogP contribution in [0.1, 0.15) is 22.5 Å². The number of methoxy groups -OCH3 is 1. The van der Waals surface area contributed by atoms with Gasteiger partial charge in [-0.25, -0.2) is 9.78 Å². The van der Waals surface area contributed by atoms with Crippen LogP contribution in [0.2, 0.25) is 0 Å². The summed E-state index contributed by atoms with van der Waals surface area (Å²) in [7, 11) is 1.53. The first kappa shape index (κ1) is 24.8. The molecule has 2 fully saturated rings. The molecule has 1 atom stereocenters. The zero-order valence-corrected chi connectivity index (χ0v) is 18.4. The van der Waals surface area contributed by atoms with Crippen LogP contribution in [0.15, 0.2) is 42.7 Å². The molecule has 1 amide bonds. The summed E-state index contributed by atoms with van der Waals surface area (Å²) in [6, 6.07) is 9.37. The SMILES string of the molecule is COc1ncccc1C(=O)N1CC2(CC(OCc3ccccn3)CS2)C1.O=C(O)C(F)(F)F. The number of aromatic nitrogens is 2. The van der Waals surface area contributed by atoms with Gasteiger partial charge in [0.25, 0.3) is 5.91 Å². The number of carbonyl (C=O) groups excluding carboxylic acids is 1. The average Bonchev–Trinajstić information content (AvgIpc) is 3.21. The van der Waals surface area contributed by atoms with E-state index in [2.05, 4.69) is 9.97 Å². The van der Waals surface area contributed by atoms with E-state index in [-0.39, 0.29) is 16.8 Å². The Morgan fingerprint density at radius 3 is 2.52 bits per heavy atom. The Hall–Kier alpha value is -2.86. The molecule has 12 heteroatoms. The van der Waals surface area contributed by atoms with Crippen molar-refractivity contribution in [3.8, 4) is 5.88 Å². The molecule has 2 aromatic heterocycles. The molecule has 1 unspecified atom stereocenters. The molecule has 0 aromatic carbocycles. The van der Waals surface area contributed by atoms with Crippen molar-refractivity contribution >= 4 is 23.6 Å². The number of nitrogens with zero attached hydrogens (tertiary/aromatic N) is 3. The number of carboxylic acids is 1. The van der Waals surface area contributed by atoms with Crippen LogP contribution in [0.25, 0.3) is 0 Å². The molecule has 0 radical (unpaired) electrons. The zero-order valence-electron chi connectivity index (χ0n) is 17.6. The van der Waals surface area contributed by atoms with Crippen molar-refractivity contribution in [2.24, 2.45) is 0 Å². The van der Waals surface area contributed by atoms with E-state index >= 15 is 0 Å². The molecule has 2 aliphatic rings. The quantitative estimate of drug-likeness (QED) is 0.690. The largest absolute Gasteiger partial charge is 0.490 e. The number of alkyl halides is 3. The van der Waals surface area contributed by atoms with E-state index in [9.17, 15) is 18.0 Å². The minimum atomic E-state index is -5.08. The molecule has 8 nitrogen and oxygen atoms in total. The maximum atomic E-state index is 12.7. The number of ether oxygens (including phenoxy) is 2. The first-order chi connectivity index (χ1) is 15.6. The monoisotopic (exact) mass is 485 g/mol. The summed E-state index contributed by atoms with van der Waals surface area (Å²) in [6.07, 6.45) is -0.486. The third-order valence-electron chi connectivity index (χ3n) is 5.05. The third-order valence-corrected chi connectivity index (χ3v) is 6.63. The number of carbonyl (C=O) groups is 2. The molecule has 33 heavy (non-hydrogen) atoms. The lowest BCUT2D eigenvalue weighted by molar-refractivity contribution is -0.192. The molecule has 0 saturated carbocycles. The van der Waals surface area contributed by atoms with Gasteiger partial charge in [0.15, 0.2) is 0 Å². The van der Waals surface area contributed by atoms with Crippen molar-refractivity contribution in [2.45, 2.75) is 30.1 Å². The Morgan fingerprint density at radius 1 is 1.21 bits per heavy atom. The highest BCUT2D eigenvalue weighted by molar-refractivity contribution is 8.01. The Kier molecular flexibility index (Phi) is 7.80. The highest BCUT2D eigenvalue weighted by Gasteiger charge is 2.51. The standard InChI is InChI=1S/C19H21N3O3S.C2HF3O2/c1-24-17-16(6-4-8-21-17)18(23)22-12-19(13-22)9-15(11-26-19)25-10-14-5-2-3-7-20-14;3-2(4,5)1(6)7/h2-8,15H,9-13H2,1H3;(H,6,7). The van der Waals surface area contributed by atoms with Crippen LogP contribution < -0.4 is 4.74 Å². The molecular weight excluding hydrogens is 463 g/mol. The van der Waals surface area contributed by atoms with E-state index in [0.29, 0.717) is 18.1 Å². The van der Waals surface area contributed by atoms with Gasteiger partial charge in [-0.1, -0.05) is 6.07 Å². The van der Waals surface area contributed by atoms with Crippen molar-refractivity contribution in [3.05, 3.63) is 54.0 Å². The van der Waals surface area contributed by atoms with Gasteiger partial charge in [-0.3, -0.25) is 9.78 Å². The Labute approximate surface area is 192 Å². The number of aliphatic carboxylic acids is 1. The summed E-state index contributed by atoms with van der Waals surface area (Å²) in [5.41, 5.74) is 1.48. The van der Waals surface area contributed by atoms with Crippen LogP contribution in [0, 0.1) is 0 Å². The van der Waals surface area contributed by atoms with Crippen molar-refractivity contribution in [3.63, 3.8) is 0 Å². The predicted octanol–water partition coefficient (Wildman–Crippen LogP) is 3.04. The van der Waals surface area contributed by atoms with Gasteiger partial charge in [-0.2, -0.15) is 13.2 Å². The van der Waals surface area contributed by atoms with Gasteiger partial charge < -0.3 is 19.5 Å². The molecule has 2 aromatic rings. The summed E-state index contributed by atoms with van der Waals surface area (Å²) in [5.74, 6) is -1.42. The second-order valence-electron chi connectivity index (χ2n) is 7.48. The molecule has 178 valence electrons. The summed E-state index contributed by atoms with van der Waals surface area (Å²) in [6.45, 7) is 2.04. The van der Waals surface area contributed by atoms with Crippen molar-refractivity contribution in [1.29, 1.82) is 0 Å². The van der Waals surface area contributed by atoms with E-state index in [0.717, 1.165) is 31.0 Å². The molecule has 2 saturated heterocycles. The topological polar surface area (TPSA) is 102 Å². The Bertz CT molecular complexity index is 971. The zero-order chi connectivity index (χ0) is 24.1. The first-order valence-corrected chi connectivity index (χ1v) is 10.9. The molecule has 4 heterocycles. The number of halogens is 3. The number of amides is 1. The molecular formula is C21H22F3N3O5S. The lowest BCUT2D eigenvalue weighted by Crippen LogP contribution is -2.60. The second-order valence-corrected chi connectivity index (χ2v) is 8.96. The van der Waals surface area contributed by atoms with Crippen molar-refractivity contribution < 1.29 is 37.3 Å². The van der Waals surface area contributed by atoms with Gasteiger partial charge in [-0.15, -0.1) is 11.8 Å². The Morgan fingerprint density at radius 2 is 1.91 bits per heavy atom. The smallest absolute Gasteiger partial charge is 0.480 e. The fraction of sp³-hybridized carbons (Fsp3) is 0.429. The average molecular weight is 485 g/mol. The molecule has 2 aliphatic heterocycles. The Balaban J connectivity index is 0.000000383. The number of carboxylic acid groups (broad SMARTS) is 1. The molecule has 0 aliphatic carbocycles. The van der Waals surface area contributed by atoms with E-state index < -0.39 is 12.1 Å². The summed E-state index contributed by atoms with van der Waals surface area (Å²) in [4.78, 5) is 31.9. The summed E-state index contributed by atoms with van der Waals surface area (Å²) >= 11 is 1.91. The number of likely N-dealkylation sites (tertiary alicyclic amines) is 1. The van der Waals surface area contributed by atoms with E-state index in [1.807, 2.05) is 34.9 Å². The lowest BCUT2D eigenvalue weighted by Gasteiger charge is -2.47. The summed E-state index contributed by atoms with van der Waals surface area (Å²) < 4.78 is 43.1. The van der Waals surface area contributed by atoms with Crippen LogP contribution in [-0.4, -0.2) is 74.8 Å². The lowest BCUT2D eigenvalue weighted by atomic mass is 9.92. The fourth-order valence-electron chi connectivity index (χ4n) is 3.50. The first-order valence-electron chi connectivity index (χ1n) is 9.87. The highest BCUT2D eigenvalue weighted by Crippen LogP contribution is 2.46. The normalized spacial score (nSPS) is 18.8. The van der Waals surface area contributed by atoms with Crippen LogP contribution >= 0.6 is 11.8 Å². The minimum absolute atomic E-state index is 0.0148. The summed E-state index contributed by atoms with van der Waals surface area (Å²) in [5, 5.41) is 7.12.